The Kier molecular flexibility index (Phi) is 6.19. The van der Waals surface area contributed by atoms with Gasteiger partial charge in [-0.25, -0.2) is 0 Å². The molecule has 1 aliphatic heterocycles. The van der Waals surface area contributed by atoms with Crippen LogP contribution in [0.1, 0.15) is 43.7 Å². The maximum atomic E-state index is 12.2. The number of likely N-dealkylation sites (tertiary alicyclic amines) is 1. The molecule has 1 saturated heterocycles. The molecule has 6 nitrogen and oxygen atoms in total. The summed E-state index contributed by atoms with van der Waals surface area (Å²) in [7, 11) is 1.63. The summed E-state index contributed by atoms with van der Waals surface area (Å²) in [5.41, 5.74) is 1.81. The fourth-order valence-electron chi connectivity index (χ4n) is 4.91. The fourth-order valence-corrected chi connectivity index (χ4v) is 4.91. The number of ether oxygens (including phenoxy) is 2. The maximum absolute atomic E-state index is 12.2. The van der Waals surface area contributed by atoms with Crippen molar-refractivity contribution in [3.8, 4) is 11.5 Å². The third-order valence-corrected chi connectivity index (χ3v) is 7.51. The molecule has 2 unspecified atom stereocenters. The van der Waals surface area contributed by atoms with Crippen molar-refractivity contribution < 1.29 is 24.5 Å². The minimum atomic E-state index is -0.622. The Hall–Kier alpha value is -2.57. The molecular weight excluding hydrogens is 406 g/mol. The molecule has 1 aliphatic carbocycles. The van der Waals surface area contributed by atoms with Crippen LogP contribution in [0.15, 0.2) is 48.5 Å². The zero-order chi connectivity index (χ0) is 22.9. The van der Waals surface area contributed by atoms with Gasteiger partial charge in [-0.2, -0.15) is 0 Å². The molecule has 0 aromatic heterocycles. The summed E-state index contributed by atoms with van der Waals surface area (Å²) in [6.45, 7) is 4.64. The number of carbonyl (C=O) groups is 1. The van der Waals surface area contributed by atoms with Gasteiger partial charge in [-0.05, 0) is 43.0 Å². The van der Waals surface area contributed by atoms with E-state index < -0.39 is 18.1 Å². The molecule has 1 heterocycles. The topological polar surface area (TPSA) is 79.2 Å². The molecule has 172 valence electrons. The summed E-state index contributed by atoms with van der Waals surface area (Å²) in [5, 5.41) is 19.9. The molecule has 6 heteroatoms. The maximum Gasteiger partial charge on any atom is 0.248 e. The highest BCUT2D eigenvalue weighted by Crippen LogP contribution is 2.50. The van der Waals surface area contributed by atoms with E-state index in [1.54, 1.807) is 18.9 Å². The Balaban J connectivity index is 1.59. The SMILES string of the molecule is COc1ccc(C2CN(C(=O)CO)CC2(C)[C@H](C)O)cc1OCC1(c2ccccc2)CC1. The summed E-state index contributed by atoms with van der Waals surface area (Å²) in [6.07, 6.45) is 1.57. The van der Waals surface area contributed by atoms with E-state index in [9.17, 15) is 15.0 Å². The number of carbonyl (C=O) groups excluding carboxylic acids is 1. The van der Waals surface area contributed by atoms with Crippen LogP contribution in [0.2, 0.25) is 0 Å². The Morgan fingerprint density at radius 1 is 1.19 bits per heavy atom. The van der Waals surface area contributed by atoms with Gasteiger partial charge in [0, 0.05) is 29.8 Å². The van der Waals surface area contributed by atoms with Crippen LogP contribution in [-0.4, -0.2) is 60.5 Å². The molecule has 3 atom stereocenters. The third kappa shape index (κ3) is 4.09. The molecule has 32 heavy (non-hydrogen) atoms. The summed E-state index contributed by atoms with van der Waals surface area (Å²) >= 11 is 0. The Bertz CT molecular complexity index is 956. The normalized spacial score (nSPS) is 24.8. The first-order valence-corrected chi connectivity index (χ1v) is 11.3. The first kappa shape index (κ1) is 22.6. The van der Waals surface area contributed by atoms with Gasteiger partial charge in [0.05, 0.1) is 19.8 Å². The molecule has 2 aliphatic rings. The first-order valence-electron chi connectivity index (χ1n) is 11.3. The van der Waals surface area contributed by atoms with Crippen LogP contribution in [0.5, 0.6) is 11.5 Å². The van der Waals surface area contributed by atoms with Crippen molar-refractivity contribution in [2.24, 2.45) is 5.41 Å². The number of hydrogen-bond donors (Lipinski definition) is 2. The Morgan fingerprint density at radius 3 is 2.50 bits per heavy atom. The zero-order valence-electron chi connectivity index (χ0n) is 19.1. The Labute approximate surface area is 189 Å². The van der Waals surface area contributed by atoms with Gasteiger partial charge < -0.3 is 24.6 Å². The molecule has 2 aromatic rings. The quantitative estimate of drug-likeness (QED) is 0.661. The van der Waals surface area contributed by atoms with Crippen molar-refractivity contribution in [2.75, 3.05) is 33.4 Å². The minimum Gasteiger partial charge on any atom is -0.493 e. The number of rotatable bonds is 8. The van der Waals surface area contributed by atoms with Crippen molar-refractivity contribution >= 4 is 5.91 Å². The van der Waals surface area contributed by atoms with E-state index in [1.165, 1.54) is 5.56 Å². The molecule has 2 fully saturated rings. The number of benzene rings is 2. The highest BCUT2D eigenvalue weighted by Gasteiger charge is 2.48. The summed E-state index contributed by atoms with van der Waals surface area (Å²) in [5.74, 6) is 0.933. The number of aliphatic hydroxyl groups excluding tert-OH is 2. The van der Waals surface area contributed by atoms with Crippen LogP contribution in [0.25, 0.3) is 0 Å². The number of hydrogen-bond acceptors (Lipinski definition) is 5. The largest absolute Gasteiger partial charge is 0.493 e. The van der Waals surface area contributed by atoms with Gasteiger partial charge in [0.25, 0.3) is 0 Å². The number of nitrogens with zero attached hydrogens (tertiary/aromatic N) is 1. The van der Waals surface area contributed by atoms with Gasteiger partial charge in [-0.1, -0.05) is 43.3 Å². The average molecular weight is 440 g/mol. The van der Waals surface area contributed by atoms with E-state index >= 15 is 0 Å². The van der Waals surface area contributed by atoms with Crippen LogP contribution >= 0.6 is 0 Å². The molecule has 0 spiro atoms. The summed E-state index contributed by atoms with van der Waals surface area (Å²) in [6, 6.07) is 16.3. The van der Waals surface area contributed by atoms with E-state index in [2.05, 4.69) is 24.3 Å². The van der Waals surface area contributed by atoms with Crippen molar-refractivity contribution in [1.29, 1.82) is 0 Å². The fraction of sp³-hybridized carbons (Fsp3) is 0.500. The van der Waals surface area contributed by atoms with Crippen molar-refractivity contribution in [3.05, 3.63) is 59.7 Å². The van der Waals surface area contributed by atoms with Gasteiger partial charge in [-0.3, -0.25) is 4.79 Å². The molecule has 0 radical (unpaired) electrons. The van der Waals surface area contributed by atoms with E-state index in [-0.39, 0.29) is 17.2 Å². The van der Waals surface area contributed by atoms with Crippen LogP contribution in [0.3, 0.4) is 0 Å². The van der Waals surface area contributed by atoms with Crippen molar-refractivity contribution in [3.63, 3.8) is 0 Å². The standard InChI is InChI=1S/C26H33NO5/c1-18(29)25(2)16-27(24(30)15-28)14-21(25)19-9-10-22(31-3)23(13-19)32-17-26(11-12-26)20-7-5-4-6-8-20/h4-10,13,18,21,28-29H,11-12,14-17H2,1-3H3/t18-,21?,25?/m0/s1. The predicted molar refractivity (Wildman–Crippen MR) is 122 cm³/mol. The number of methoxy groups -OCH3 is 1. The van der Waals surface area contributed by atoms with Crippen LogP contribution in [0.4, 0.5) is 0 Å². The molecule has 2 aromatic carbocycles. The minimum absolute atomic E-state index is 0.0497. The molecule has 2 N–H and O–H groups in total. The summed E-state index contributed by atoms with van der Waals surface area (Å²) < 4.78 is 11.9. The van der Waals surface area contributed by atoms with E-state index in [0.717, 1.165) is 18.4 Å². The highest BCUT2D eigenvalue weighted by molar-refractivity contribution is 5.77. The predicted octanol–water partition coefficient (Wildman–Crippen LogP) is 3.11. The smallest absolute Gasteiger partial charge is 0.248 e. The highest BCUT2D eigenvalue weighted by atomic mass is 16.5. The van der Waals surface area contributed by atoms with Gasteiger partial charge in [0.15, 0.2) is 11.5 Å². The lowest BCUT2D eigenvalue weighted by Crippen LogP contribution is -2.38. The van der Waals surface area contributed by atoms with E-state index in [4.69, 9.17) is 9.47 Å². The van der Waals surface area contributed by atoms with Gasteiger partial charge in [-0.15, -0.1) is 0 Å². The second-order valence-corrected chi connectivity index (χ2v) is 9.51. The monoisotopic (exact) mass is 439 g/mol. The second kappa shape index (κ2) is 8.75. The van der Waals surface area contributed by atoms with Crippen molar-refractivity contribution in [2.45, 2.75) is 44.1 Å². The molecule has 0 bridgehead atoms. The molecule has 4 rings (SSSR count). The lowest BCUT2D eigenvalue weighted by atomic mass is 9.72. The Morgan fingerprint density at radius 2 is 1.91 bits per heavy atom. The molecule has 1 saturated carbocycles. The molecular formula is C26H33NO5. The first-order chi connectivity index (χ1) is 15.3. The van der Waals surface area contributed by atoms with Crippen LogP contribution in [0, 0.1) is 5.41 Å². The second-order valence-electron chi connectivity index (χ2n) is 9.51. The average Bonchev–Trinajstić information content (AvgIpc) is 3.52. The van der Waals surface area contributed by atoms with Gasteiger partial charge in [0.1, 0.15) is 6.61 Å². The number of amides is 1. The van der Waals surface area contributed by atoms with E-state index in [0.29, 0.717) is 31.2 Å². The van der Waals surface area contributed by atoms with Gasteiger partial charge in [0.2, 0.25) is 5.91 Å². The van der Waals surface area contributed by atoms with Crippen LogP contribution < -0.4 is 9.47 Å². The summed E-state index contributed by atoms with van der Waals surface area (Å²) in [4.78, 5) is 13.8. The lowest BCUT2D eigenvalue weighted by Gasteiger charge is -2.34. The zero-order valence-corrected chi connectivity index (χ0v) is 19.1. The van der Waals surface area contributed by atoms with E-state index in [1.807, 2.05) is 31.2 Å². The number of aliphatic hydroxyl groups is 2. The van der Waals surface area contributed by atoms with Crippen LogP contribution in [-0.2, 0) is 10.2 Å². The lowest BCUT2D eigenvalue weighted by molar-refractivity contribution is -0.133. The van der Waals surface area contributed by atoms with Crippen molar-refractivity contribution in [1.82, 2.24) is 4.90 Å². The third-order valence-electron chi connectivity index (χ3n) is 7.51. The van der Waals surface area contributed by atoms with Gasteiger partial charge >= 0.3 is 0 Å². The molecule has 1 amide bonds.